The third-order valence-electron chi connectivity index (χ3n) is 13.1. The van der Waals surface area contributed by atoms with Crippen LogP contribution in [0.5, 0.6) is 0 Å². The predicted molar refractivity (Wildman–Crippen MR) is 478 cm³/mol. The van der Waals surface area contributed by atoms with Gasteiger partial charge in [-0.15, -0.1) is 0 Å². The Hall–Kier alpha value is -1.12. The standard InChI is InChI=1S/C6H14.C5H9F3.4C5H10F2.2C5H11F.6C5H12.C4H7F3.4C4H10.C3H8/c1-5-6(2,3)4;1-3-4(2)5(6,7)8;2*1-3-4-5(2,6)7;1-3-5(6,7)4-2;1-3-4(2)5(6)7;1-3-5(2)4-6;1-3-4-5(2)6;3*1-4-5(2)3;3*1-3-5-4-2;1-3(2)4(5,6)7;3*1-4(2)3;1-3-4-2;1-3-2/h5H2,1-4H3;4H,3H2,1-2H3;3*3-4H2,1-2H3;4-5H,3H2,1-2H3;2*5H,3-4H2,1-2H3;3*5H,4H2,1-3H3;3*3-5H2,1-2H3;3H,1-2H3;3*4H,1-3H3;3-4H2,1-2H3;3H2,1-2H3. The van der Waals surface area contributed by atoms with Crippen LogP contribution >= 0.6 is 0 Å². The van der Waals surface area contributed by atoms with Gasteiger partial charge < -0.3 is 0 Å². The molecule has 0 radical (unpaired) electrons. The Balaban J connectivity index is -0.0000000432. The summed E-state index contributed by atoms with van der Waals surface area (Å²) in [6.45, 7) is 94.2. The molecular formula is C94H212F16. The van der Waals surface area contributed by atoms with Gasteiger partial charge in [-0.05, 0) is 86.9 Å². The third-order valence-corrected chi connectivity index (χ3v) is 13.1. The number of halogens is 16. The van der Waals surface area contributed by atoms with Gasteiger partial charge >= 0.3 is 12.4 Å². The first kappa shape index (κ1) is 160. The number of hydrogen-bond acceptors (Lipinski definition) is 0. The Labute approximate surface area is 686 Å². The van der Waals surface area contributed by atoms with Gasteiger partial charge in [0.05, 0.1) is 18.8 Å². The molecule has 0 aliphatic carbocycles. The Bertz CT molecular complexity index is 1230. The van der Waals surface area contributed by atoms with Crippen LogP contribution in [0.1, 0.15) is 506 Å². The summed E-state index contributed by atoms with van der Waals surface area (Å²) in [5.74, 6) is -4.68. The summed E-state index contributed by atoms with van der Waals surface area (Å²) in [6.07, 6.45) is 15.0. The van der Waals surface area contributed by atoms with Crippen molar-refractivity contribution >= 4 is 0 Å². The van der Waals surface area contributed by atoms with Gasteiger partial charge in [0.1, 0.15) is 0 Å². The van der Waals surface area contributed by atoms with E-state index in [1.807, 2.05) is 20.8 Å². The molecule has 0 nitrogen and oxygen atoms in total. The molecule has 0 aromatic heterocycles. The van der Waals surface area contributed by atoms with Crippen LogP contribution in [0.25, 0.3) is 0 Å². The summed E-state index contributed by atoms with van der Waals surface area (Å²) >= 11 is 0. The highest BCUT2D eigenvalue weighted by molar-refractivity contribution is 4.60. The van der Waals surface area contributed by atoms with Crippen LogP contribution in [0.4, 0.5) is 70.2 Å². The van der Waals surface area contributed by atoms with Gasteiger partial charge in [0.2, 0.25) is 24.2 Å². The molecule has 0 aliphatic rings. The van der Waals surface area contributed by atoms with Crippen molar-refractivity contribution in [1.82, 2.24) is 0 Å². The second kappa shape index (κ2) is 126. The fourth-order valence-corrected chi connectivity index (χ4v) is 3.11. The number of alkyl halides is 16. The van der Waals surface area contributed by atoms with Crippen molar-refractivity contribution in [3.05, 3.63) is 0 Å². The first-order valence-electron chi connectivity index (χ1n) is 44.3. The maximum absolute atomic E-state index is 11.9. The molecule has 0 rings (SSSR count). The third kappa shape index (κ3) is 384. The van der Waals surface area contributed by atoms with E-state index in [-0.39, 0.29) is 44.7 Å². The molecule has 0 aromatic rings. The van der Waals surface area contributed by atoms with Crippen molar-refractivity contribution in [2.24, 2.45) is 64.6 Å². The van der Waals surface area contributed by atoms with Gasteiger partial charge in [0.25, 0.3) is 0 Å². The zero-order chi connectivity index (χ0) is 93.7. The van der Waals surface area contributed by atoms with Crippen molar-refractivity contribution in [3.63, 3.8) is 0 Å². The molecule has 0 amide bonds. The second-order valence-electron chi connectivity index (χ2n) is 33.0. The van der Waals surface area contributed by atoms with E-state index in [0.29, 0.717) is 31.1 Å². The molecule has 0 N–H and O–H groups in total. The minimum atomic E-state index is -4.00. The van der Waals surface area contributed by atoms with E-state index in [1.165, 1.54) is 130 Å². The van der Waals surface area contributed by atoms with Crippen molar-refractivity contribution in [2.75, 3.05) is 6.67 Å². The van der Waals surface area contributed by atoms with Crippen LogP contribution < -0.4 is 0 Å². The van der Waals surface area contributed by atoms with Gasteiger partial charge in [-0.2, -0.15) is 26.3 Å². The molecular weight excluding hydrogens is 1430 g/mol. The molecule has 0 spiro atoms. The molecule has 0 bridgehead atoms. The average Bonchev–Trinajstić information content (AvgIpc) is 0.939. The maximum Gasteiger partial charge on any atom is 0.391 e. The molecule has 0 heterocycles. The topological polar surface area (TPSA) is 0 Å². The number of rotatable bonds is 23. The first-order valence-corrected chi connectivity index (χ1v) is 44.3. The van der Waals surface area contributed by atoms with E-state index in [9.17, 15) is 70.2 Å². The number of hydrogen-bond donors (Lipinski definition) is 0. The second-order valence-corrected chi connectivity index (χ2v) is 33.0. The molecule has 0 aliphatic heterocycles. The summed E-state index contributed by atoms with van der Waals surface area (Å²) in [5.41, 5.74) is 0.542. The van der Waals surface area contributed by atoms with Crippen molar-refractivity contribution in [2.45, 2.75) is 548 Å². The Morgan fingerprint density at radius 2 is 0.491 bits per heavy atom. The fourth-order valence-electron chi connectivity index (χ4n) is 3.11. The smallest absolute Gasteiger partial charge is 0.251 e. The van der Waals surface area contributed by atoms with Crippen LogP contribution in [0.3, 0.4) is 0 Å². The minimum absolute atomic E-state index is 0.00694. The Kier molecular flexibility index (Phi) is 184. The lowest BCUT2D eigenvalue weighted by molar-refractivity contribution is -0.170. The van der Waals surface area contributed by atoms with Crippen molar-refractivity contribution in [1.29, 1.82) is 0 Å². The lowest BCUT2D eigenvalue weighted by Gasteiger charge is -2.12. The molecule has 4 atom stereocenters. The maximum atomic E-state index is 11.9. The lowest BCUT2D eigenvalue weighted by Crippen LogP contribution is -2.18. The molecule has 0 aromatic carbocycles. The van der Waals surface area contributed by atoms with E-state index in [1.54, 1.807) is 34.6 Å². The predicted octanol–water partition coefficient (Wildman–Crippen LogP) is 42.0. The van der Waals surface area contributed by atoms with E-state index >= 15 is 0 Å². The Morgan fingerprint density at radius 1 is 0.282 bits per heavy atom. The quantitative estimate of drug-likeness (QED) is 0.0895. The van der Waals surface area contributed by atoms with Crippen LogP contribution in [-0.4, -0.2) is 49.4 Å². The molecule has 110 heavy (non-hydrogen) atoms. The first-order chi connectivity index (χ1) is 49.6. The highest BCUT2D eigenvalue weighted by Crippen LogP contribution is 2.28. The van der Waals surface area contributed by atoms with Gasteiger partial charge in [-0.1, -0.05) is 440 Å². The normalized spacial score (nSPS) is 11.3. The minimum Gasteiger partial charge on any atom is -0.251 e. The number of unbranched alkanes of at least 4 members (excludes halogenated alkanes) is 7. The molecule has 0 saturated carbocycles. The fraction of sp³-hybridized carbons (Fsp3) is 1.00. The summed E-state index contributed by atoms with van der Waals surface area (Å²) in [6, 6.07) is 0. The zero-order valence-electron chi connectivity index (χ0n) is 83.8. The van der Waals surface area contributed by atoms with Crippen LogP contribution in [-0.2, 0) is 0 Å². The van der Waals surface area contributed by atoms with Crippen molar-refractivity contribution < 1.29 is 70.2 Å². The van der Waals surface area contributed by atoms with Crippen LogP contribution in [0.15, 0.2) is 0 Å². The van der Waals surface area contributed by atoms with E-state index in [2.05, 4.69) is 222 Å². The van der Waals surface area contributed by atoms with E-state index in [4.69, 9.17) is 0 Å². The van der Waals surface area contributed by atoms with Gasteiger partial charge in [-0.3, -0.25) is 4.39 Å². The average molecular weight is 1650 g/mol. The molecule has 0 saturated heterocycles. The van der Waals surface area contributed by atoms with Crippen molar-refractivity contribution in [3.8, 4) is 0 Å². The lowest BCUT2D eigenvalue weighted by atomic mass is 9.94. The molecule has 0 fully saturated rings. The monoisotopic (exact) mass is 1650 g/mol. The largest absolute Gasteiger partial charge is 0.391 e. The summed E-state index contributed by atoms with van der Waals surface area (Å²) < 4.78 is 184. The molecule has 700 valence electrons. The summed E-state index contributed by atoms with van der Waals surface area (Å²) in [4.78, 5) is 0. The van der Waals surface area contributed by atoms with Gasteiger partial charge in [-0.25, -0.2) is 39.5 Å². The highest BCUT2D eigenvalue weighted by Gasteiger charge is 2.34. The van der Waals surface area contributed by atoms with E-state index < -0.39 is 60.5 Å². The highest BCUT2D eigenvalue weighted by atomic mass is 19.4. The Morgan fingerprint density at radius 3 is 0.491 bits per heavy atom. The molecule has 4 unspecified atom stereocenters. The van der Waals surface area contributed by atoms with Gasteiger partial charge in [0.15, 0.2) is 0 Å². The zero-order valence-corrected chi connectivity index (χ0v) is 83.8. The van der Waals surface area contributed by atoms with Crippen LogP contribution in [0, 0.1) is 64.6 Å². The summed E-state index contributed by atoms with van der Waals surface area (Å²) in [7, 11) is 0. The van der Waals surface area contributed by atoms with Gasteiger partial charge in [0, 0.05) is 37.5 Å². The van der Waals surface area contributed by atoms with Crippen LogP contribution in [0.2, 0.25) is 0 Å². The molecule has 16 heteroatoms. The SMILES string of the molecule is CC(C)C.CC(C)C.CC(C)C.CC(C)C(F)(F)F.CCC.CCC(C)(C)C.CCC(C)C.CCC(C)C.CCC(C)C.CCC(C)C(F)(F)F.CCC(C)C(F)F.CCC(C)CF.CCC(F)(F)CC.CCCC.CCCC(C)(F)F.CCCC(C)(F)F.CCCC(C)F.CCCCC.CCCCC.CCCCC. The van der Waals surface area contributed by atoms with E-state index in [0.717, 1.165) is 76.0 Å². The summed E-state index contributed by atoms with van der Waals surface area (Å²) in [5, 5.41) is 0.